The van der Waals surface area contributed by atoms with E-state index >= 15 is 0 Å². The molecule has 1 aromatic heterocycles. The number of benzene rings is 2. The molecule has 2 heterocycles. The number of carbonyl (C=O) groups is 1. The number of hydrogen-bond donors (Lipinski definition) is 1. The fraction of sp³-hybridized carbons (Fsp3) is 0.348. The molecule has 0 aliphatic carbocycles. The number of anilines is 1. The molecule has 0 radical (unpaired) electrons. The summed E-state index contributed by atoms with van der Waals surface area (Å²) in [7, 11) is 1.55. The number of nitrogens with one attached hydrogen (secondary N) is 1. The summed E-state index contributed by atoms with van der Waals surface area (Å²) in [6.45, 7) is 4.89. The van der Waals surface area contributed by atoms with E-state index in [2.05, 4.69) is 20.2 Å². The van der Waals surface area contributed by atoms with Crippen LogP contribution >= 0.6 is 0 Å². The molecular formula is C23H25FN4O5. The van der Waals surface area contributed by atoms with Crippen LogP contribution in [0.4, 0.5) is 10.1 Å². The number of rotatable bonds is 10. The Labute approximate surface area is 190 Å². The Hall–Kier alpha value is -3.50. The highest BCUT2D eigenvalue weighted by molar-refractivity contribution is 5.87. The van der Waals surface area contributed by atoms with E-state index in [0.29, 0.717) is 41.1 Å². The number of fused-ring (bicyclic) bond motifs is 1. The first-order valence-electron chi connectivity index (χ1n) is 10.6. The monoisotopic (exact) mass is 456 g/mol. The van der Waals surface area contributed by atoms with Gasteiger partial charge >= 0.3 is 0 Å². The lowest BCUT2D eigenvalue weighted by Crippen LogP contribution is -2.37. The molecule has 1 aliphatic heterocycles. The van der Waals surface area contributed by atoms with Crippen LogP contribution in [0.3, 0.4) is 0 Å². The number of methoxy groups -OCH3 is 1. The first-order valence-corrected chi connectivity index (χ1v) is 10.6. The zero-order valence-corrected chi connectivity index (χ0v) is 18.3. The van der Waals surface area contributed by atoms with Crippen LogP contribution in [0.1, 0.15) is 6.42 Å². The highest BCUT2D eigenvalue weighted by Crippen LogP contribution is 2.36. The Morgan fingerprint density at radius 3 is 2.76 bits per heavy atom. The third-order valence-electron chi connectivity index (χ3n) is 5.23. The standard InChI is InChI=1S/C23H25FN4O5/c1-30-21-12-17-19(13-22(21)32-8-2-5-28-6-9-31-10-7-28)25-14-26-23(17)33-20-4-3-16(27-15-29)11-18(20)24/h3-4,11-15H,2,5-10H2,1H3,(H,27,29). The minimum atomic E-state index is -0.638. The summed E-state index contributed by atoms with van der Waals surface area (Å²) >= 11 is 0. The van der Waals surface area contributed by atoms with E-state index in [1.807, 2.05) is 0 Å². The highest BCUT2D eigenvalue weighted by atomic mass is 19.1. The van der Waals surface area contributed by atoms with Gasteiger partial charge in [-0.05, 0) is 24.6 Å². The summed E-state index contributed by atoms with van der Waals surface area (Å²) in [5, 5.41) is 2.94. The molecule has 0 spiro atoms. The summed E-state index contributed by atoms with van der Waals surface area (Å²) in [6.07, 6.45) is 2.68. The Morgan fingerprint density at radius 1 is 1.15 bits per heavy atom. The van der Waals surface area contributed by atoms with Gasteiger partial charge in [0.15, 0.2) is 23.1 Å². The van der Waals surface area contributed by atoms with Gasteiger partial charge in [-0.15, -0.1) is 0 Å². The lowest BCUT2D eigenvalue weighted by atomic mass is 10.2. The zero-order valence-electron chi connectivity index (χ0n) is 18.3. The zero-order chi connectivity index (χ0) is 23.0. The van der Waals surface area contributed by atoms with Crippen LogP contribution in [0.15, 0.2) is 36.7 Å². The molecule has 174 valence electrons. The van der Waals surface area contributed by atoms with E-state index in [4.69, 9.17) is 18.9 Å². The normalized spacial score (nSPS) is 14.1. The smallest absolute Gasteiger partial charge is 0.230 e. The van der Waals surface area contributed by atoms with Crippen molar-refractivity contribution in [1.29, 1.82) is 0 Å². The number of amides is 1. The van der Waals surface area contributed by atoms with Gasteiger partial charge in [-0.2, -0.15) is 0 Å². The highest BCUT2D eigenvalue weighted by Gasteiger charge is 2.15. The Balaban J connectivity index is 1.49. The molecule has 9 nitrogen and oxygen atoms in total. The van der Waals surface area contributed by atoms with Gasteiger partial charge in [0.1, 0.15) is 6.33 Å². The van der Waals surface area contributed by atoms with Crippen molar-refractivity contribution in [3.63, 3.8) is 0 Å². The predicted molar refractivity (Wildman–Crippen MR) is 120 cm³/mol. The van der Waals surface area contributed by atoms with Crippen molar-refractivity contribution in [3.05, 3.63) is 42.5 Å². The molecule has 1 N–H and O–H groups in total. The molecule has 1 saturated heterocycles. The van der Waals surface area contributed by atoms with Crippen LogP contribution < -0.4 is 19.5 Å². The Kier molecular flexibility index (Phi) is 7.48. The second kappa shape index (κ2) is 10.9. The van der Waals surface area contributed by atoms with Crippen molar-refractivity contribution in [1.82, 2.24) is 14.9 Å². The third-order valence-corrected chi connectivity index (χ3v) is 5.23. The van der Waals surface area contributed by atoms with Crippen molar-refractivity contribution >= 4 is 23.0 Å². The van der Waals surface area contributed by atoms with Crippen molar-refractivity contribution in [2.24, 2.45) is 0 Å². The summed E-state index contributed by atoms with van der Waals surface area (Å²) in [5.74, 6) is 0.563. The van der Waals surface area contributed by atoms with E-state index in [1.54, 1.807) is 19.2 Å². The van der Waals surface area contributed by atoms with Crippen LogP contribution in [0.5, 0.6) is 23.1 Å². The molecule has 0 bridgehead atoms. The van der Waals surface area contributed by atoms with Crippen molar-refractivity contribution < 1.29 is 28.1 Å². The Morgan fingerprint density at radius 2 is 2.00 bits per heavy atom. The maximum atomic E-state index is 14.4. The molecular weight excluding hydrogens is 431 g/mol. The van der Waals surface area contributed by atoms with E-state index in [1.165, 1.54) is 18.5 Å². The number of hydrogen-bond acceptors (Lipinski definition) is 8. The number of carbonyl (C=O) groups excluding carboxylic acids is 1. The van der Waals surface area contributed by atoms with Crippen LogP contribution in [0.25, 0.3) is 10.9 Å². The third kappa shape index (κ3) is 5.65. The fourth-order valence-electron chi connectivity index (χ4n) is 3.53. The topological polar surface area (TPSA) is 95.0 Å². The predicted octanol–water partition coefficient (Wildman–Crippen LogP) is 3.24. The number of aromatic nitrogens is 2. The second-order valence-corrected chi connectivity index (χ2v) is 7.36. The molecule has 2 aromatic carbocycles. The molecule has 1 fully saturated rings. The summed E-state index contributed by atoms with van der Waals surface area (Å²) in [6, 6.07) is 7.57. The fourth-order valence-corrected chi connectivity index (χ4v) is 3.53. The molecule has 10 heteroatoms. The van der Waals surface area contributed by atoms with E-state index < -0.39 is 5.82 Å². The molecule has 0 unspecified atom stereocenters. The van der Waals surface area contributed by atoms with Gasteiger partial charge in [-0.3, -0.25) is 9.69 Å². The van der Waals surface area contributed by atoms with E-state index in [0.717, 1.165) is 45.3 Å². The van der Waals surface area contributed by atoms with Gasteiger partial charge in [0.2, 0.25) is 12.3 Å². The van der Waals surface area contributed by atoms with Crippen LogP contribution in [-0.2, 0) is 9.53 Å². The van der Waals surface area contributed by atoms with Crippen molar-refractivity contribution in [2.45, 2.75) is 6.42 Å². The number of morpholine rings is 1. The number of ether oxygens (including phenoxy) is 4. The van der Waals surface area contributed by atoms with Gasteiger partial charge in [0.05, 0.1) is 37.8 Å². The SMILES string of the molecule is COc1cc2c(Oc3ccc(NC=O)cc3F)ncnc2cc1OCCCN1CCOCC1. The van der Waals surface area contributed by atoms with Crippen LogP contribution in [0, 0.1) is 5.82 Å². The van der Waals surface area contributed by atoms with Gasteiger partial charge in [0.25, 0.3) is 0 Å². The molecule has 1 aliphatic rings. The lowest BCUT2D eigenvalue weighted by Gasteiger charge is -2.26. The van der Waals surface area contributed by atoms with E-state index in [9.17, 15) is 9.18 Å². The first kappa shape index (κ1) is 22.7. The number of nitrogens with zero attached hydrogens (tertiary/aromatic N) is 3. The largest absolute Gasteiger partial charge is 0.493 e. The van der Waals surface area contributed by atoms with Gasteiger partial charge in [-0.1, -0.05) is 0 Å². The molecule has 0 saturated carbocycles. The summed E-state index contributed by atoms with van der Waals surface area (Å²) in [5.41, 5.74) is 0.892. The Bertz CT molecular complexity index is 1110. The van der Waals surface area contributed by atoms with E-state index in [-0.39, 0.29) is 11.6 Å². The van der Waals surface area contributed by atoms with Crippen molar-refractivity contribution in [2.75, 3.05) is 51.9 Å². The minimum absolute atomic E-state index is 0.0335. The maximum Gasteiger partial charge on any atom is 0.230 e. The molecule has 4 rings (SSSR count). The maximum absolute atomic E-state index is 14.4. The van der Waals surface area contributed by atoms with Crippen LogP contribution in [-0.4, -0.2) is 67.8 Å². The number of halogens is 1. The average molecular weight is 456 g/mol. The minimum Gasteiger partial charge on any atom is -0.493 e. The summed E-state index contributed by atoms with van der Waals surface area (Å²) < 4.78 is 36.9. The van der Waals surface area contributed by atoms with Gasteiger partial charge in [0, 0.05) is 37.5 Å². The van der Waals surface area contributed by atoms with Crippen LogP contribution in [0.2, 0.25) is 0 Å². The molecule has 0 atom stereocenters. The molecule has 33 heavy (non-hydrogen) atoms. The first-order chi connectivity index (χ1) is 16.2. The molecule has 3 aromatic rings. The lowest BCUT2D eigenvalue weighted by molar-refractivity contribution is -0.105. The van der Waals surface area contributed by atoms with Crippen molar-refractivity contribution in [3.8, 4) is 23.1 Å². The summed E-state index contributed by atoms with van der Waals surface area (Å²) in [4.78, 5) is 21.3. The molecule has 1 amide bonds. The van der Waals surface area contributed by atoms with Gasteiger partial charge in [-0.25, -0.2) is 14.4 Å². The second-order valence-electron chi connectivity index (χ2n) is 7.36. The average Bonchev–Trinajstić information content (AvgIpc) is 2.84. The van der Waals surface area contributed by atoms with Gasteiger partial charge < -0.3 is 24.3 Å². The quantitative estimate of drug-likeness (QED) is 0.367.